The monoisotopic (exact) mass is 625 g/mol. The van der Waals surface area contributed by atoms with Crippen LogP contribution in [0.3, 0.4) is 0 Å². The minimum absolute atomic E-state index is 0.0745. The van der Waals surface area contributed by atoms with Crippen molar-refractivity contribution in [3.05, 3.63) is 25.7 Å². The van der Waals surface area contributed by atoms with Crippen molar-refractivity contribution < 1.29 is 27.2 Å². The number of halogens is 1. The van der Waals surface area contributed by atoms with Gasteiger partial charge in [0.2, 0.25) is 0 Å². The van der Waals surface area contributed by atoms with Crippen LogP contribution in [0.25, 0.3) is 0 Å². The van der Waals surface area contributed by atoms with E-state index in [1.807, 2.05) is 0 Å². The van der Waals surface area contributed by atoms with E-state index >= 15 is 0 Å². The fourth-order valence-corrected chi connectivity index (χ4v) is 4.37. The number of amides is 1. The number of rotatable bonds is 7. The summed E-state index contributed by atoms with van der Waals surface area (Å²) < 4.78 is 9.53. The van der Waals surface area contributed by atoms with Gasteiger partial charge in [-0.05, 0) is 44.4 Å². The molecule has 7 nitrogen and oxygen atoms in total. The van der Waals surface area contributed by atoms with Gasteiger partial charge < -0.3 is 27.8 Å². The van der Waals surface area contributed by atoms with E-state index in [4.69, 9.17) is 0 Å². The number of carbonyl (C=O) groups is 1. The first kappa shape index (κ1) is 26.9. The Morgan fingerprint density at radius 3 is 2.34 bits per heavy atom. The topological polar surface area (TPSA) is 82.2 Å². The molecule has 3 N–H and O–H groups in total. The van der Waals surface area contributed by atoms with Crippen LogP contribution in [0.4, 0.5) is 15.1 Å². The summed E-state index contributed by atoms with van der Waals surface area (Å²) in [5.74, 6) is 1.91. The van der Waals surface area contributed by atoms with E-state index in [0.717, 1.165) is 44.7 Å². The molecule has 32 heavy (non-hydrogen) atoms. The predicted molar refractivity (Wildman–Crippen MR) is 123 cm³/mol. The molecule has 2 heterocycles. The predicted octanol–water partition coefficient (Wildman–Crippen LogP) is 4.29. The first-order valence-electron chi connectivity index (χ1n) is 11.7. The number of carbonyl (C=O) groups excluding carboxylic acids is 1. The van der Waals surface area contributed by atoms with Crippen molar-refractivity contribution in [3.63, 3.8) is 0 Å². The number of likely N-dealkylation sites (tertiary alicyclic amines) is 1. The molecule has 0 spiro atoms. The van der Waals surface area contributed by atoms with Crippen LogP contribution < -0.4 is 16.0 Å². The van der Waals surface area contributed by atoms with Gasteiger partial charge in [-0.25, -0.2) is 4.98 Å². The molecule has 183 valence electrons. The maximum absolute atomic E-state index is 13.0. The Balaban J connectivity index is 0.000000860. The summed E-state index contributed by atoms with van der Waals surface area (Å²) >= 11 is 0.361. The zero-order chi connectivity index (χ0) is 23.3. The van der Waals surface area contributed by atoms with Crippen molar-refractivity contribution in [2.24, 2.45) is 5.92 Å². The Morgan fingerprint density at radius 2 is 1.75 bits per heavy atom. The van der Waals surface area contributed by atoms with Crippen molar-refractivity contribution in [1.82, 2.24) is 20.2 Å². The standard InChI is InChI=1S/C21H33N6O.C2H5.FH.Os/c1-22-21-23-13-18(19(26-21)24-16-5-3-2-4-6-16)20(28)25-17-9-11-27(12-10-17)14-15-7-8-15;1-2;;/h13,15-17H,1-12,14H2,(H,25,28)(H2,22,23,24,26);1H2,2H3;1H;/q2*-1;;+1/p-1. The van der Waals surface area contributed by atoms with Gasteiger partial charge in [-0.2, -0.15) is 11.9 Å². The molecule has 0 aromatic carbocycles. The van der Waals surface area contributed by atoms with E-state index in [1.54, 1.807) is 13.1 Å². The van der Waals surface area contributed by atoms with Crippen LogP contribution in [0.2, 0.25) is 0 Å². The van der Waals surface area contributed by atoms with Crippen LogP contribution in [-0.4, -0.2) is 52.5 Å². The zero-order valence-electron chi connectivity index (χ0n) is 19.2. The number of anilines is 2. The molecule has 2 aliphatic carbocycles. The second-order valence-electron chi connectivity index (χ2n) is 8.60. The molecule has 0 unspecified atom stereocenters. The number of aromatic nitrogens is 2. The molecular formula is C23H38FN6OOs-2. The summed E-state index contributed by atoms with van der Waals surface area (Å²) in [5, 5.41) is 9.44. The Bertz CT molecular complexity index is 676. The Labute approximate surface area is 203 Å². The maximum atomic E-state index is 13.0. The molecule has 0 radical (unpaired) electrons. The Morgan fingerprint density at radius 1 is 1.09 bits per heavy atom. The molecule has 2 saturated carbocycles. The van der Waals surface area contributed by atoms with Crippen LogP contribution in [0.1, 0.15) is 75.1 Å². The molecule has 1 aromatic rings. The Hall–Kier alpha value is -1.32. The SMILES string of the molecule is [CH2-]C.[CH2-]Nc1ncc(C(=O)NC2CCN(CC3CC3)CC2)c(NC2CCCCC2)n1.[F][Os]. The normalized spacial score (nSPS) is 19.7. The van der Waals surface area contributed by atoms with Crippen molar-refractivity contribution in [2.45, 2.75) is 76.8 Å². The van der Waals surface area contributed by atoms with E-state index in [9.17, 15) is 8.08 Å². The van der Waals surface area contributed by atoms with E-state index < -0.39 is 0 Å². The molecule has 1 aromatic heterocycles. The van der Waals surface area contributed by atoms with Gasteiger partial charge in [0.25, 0.3) is 5.91 Å². The average Bonchev–Trinajstić information content (AvgIpc) is 3.67. The van der Waals surface area contributed by atoms with Gasteiger partial charge in [-0.1, -0.05) is 19.3 Å². The molecule has 1 aliphatic heterocycles. The summed E-state index contributed by atoms with van der Waals surface area (Å²) in [6.07, 6.45) is 12.4. The second-order valence-corrected chi connectivity index (χ2v) is 8.60. The molecule has 3 aliphatic rings. The summed E-state index contributed by atoms with van der Waals surface area (Å²) in [6, 6.07) is 0.606. The number of hydrogen-bond acceptors (Lipinski definition) is 6. The van der Waals surface area contributed by atoms with Crippen LogP contribution >= 0.6 is 0 Å². The van der Waals surface area contributed by atoms with Crippen LogP contribution in [0, 0.1) is 19.9 Å². The third-order valence-corrected chi connectivity index (χ3v) is 6.27. The van der Waals surface area contributed by atoms with Crippen LogP contribution in [0.5, 0.6) is 0 Å². The van der Waals surface area contributed by atoms with Gasteiger partial charge in [0.05, 0.1) is 0 Å². The molecule has 0 bridgehead atoms. The molecule has 1 saturated heterocycles. The van der Waals surface area contributed by atoms with Crippen LogP contribution in [-0.2, 0) is 19.1 Å². The third-order valence-electron chi connectivity index (χ3n) is 6.27. The molecule has 9 heteroatoms. The molecular weight excluding hydrogens is 586 g/mol. The van der Waals surface area contributed by atoms with Crippen molar-refractivity contribution in [1.29, 1.82) is 0 Å². The first-order valence-corrected chi connectivity index (χ1v) is 12.7. The van der Waals surface area contributed by atoms with E-state index in [2.05, 4.69) is 44.8 Å². The molecule has 1 amide bonds. The van der Waals surface area contributed by atoms with Gasteiger partial charge in [-0.15, -0.1) is 0 Å². The summed E-state index contributed by atoms with van der Waals surface area (Å²) in [4.78, 5) is 24.2. The summed E-state index contributed by atoms with van der Waals surface area (Å²) in [5.41, 5.74) is 0.532. The Kier molecular flexibility index (Phi) is 12.4. The second kappa shape index (κ2) is 14.7. The van der Waals surface area contributed by atoms with Gasteiger partial charge in [0.1, 0.15) is 11.4 Å². The summed E-state index contributed by atoms with van der Waals surface area (Å²) in [7, 11) is 3.64. The molecule has 4 rings (SSSR count). The van der Waals surface area contributed by atoms with E-state index in [0.29, 0.717) is 42.5 Å². The van der Waals surface area contributed by atoms with Gasteiger partial charge >= 0.3 is 22.4 Å². The third kappa shape index (κ3) is 8.55. The van der Waals surface area contributed by atoms with Crippen LogP contribution in [0.15, 0.2) is 6.20 Å². The molecule has 3 fully saturated rings. The van der Waals surface area contributed by atoms with Crippen molar-refractivity contribution >= 4 is 17.7 Å². The fourth-order valence-electron chi connectivity index (χ4n) is 4.37. The van der Waals surface area contributed by atoms with Gasteiger partial charge in [0.15, 0.2) is 5.95 Å². The average molecular weight is 624 g/mol. The molecule has 0 atom stereocenters. The van der Waals surface area contributed by atoms with Gasteiger partial charge in [-0.3, -0.25) is 11.8 Å². The number of piperidine rings is 1. The first-order chi connectivity index (χ1) is 15.7. The van der Waals surface area contributed by atoms with E-state index in [1.165, 1.54) is 38.6 Å². The minimum atomic E-state index is -0.0745. The fraction of sp³-hybridized carbons (Fsp3) is 0.696. The van der Waals surface area contributed by atoms with Crippen molar-refractivity contribution in [3.8, 4) is 0 Å². The van der Waals surface area contributed by atoms with E-state index in [-0.39, 0.29) is 11.9 Å². The van der Waals surface area contributed by atoms with Crippen molar-refractivity contribution in [2.75, 3.05) is 30.3 Å². The van der Waals surface area contributed by atoms with Gasteiger partial charge in [0, 0.05) is 37.9 Å². The quantitative estimate of drug-likeness (QED) is 0.394. The number of nitrogens with one attached hydrogen (secondary N) is 3. The zero-order valence-corrected chi connectivity index (χ0v) is 21.7. The number of hydrogen-bond donors (Lipinski definition) is 3. The summed E-state index contributed by atoms with van der Waals surface area (Å²) in [6.45, 7) is 8.40. The number of nitrogens with zero attached hydrogens (tertiary/aromatic N) is 3.